The number of aromatic nitrogens is 2. The predicted octanol–water partition coefficient (Wildman–Crippen LogP) is 3.81. The molecule has 2 aromatic rings. The van der Waals surface area contributed by atoms with E-state index in [2.05, 4.69) is 15.3 Å². The van der Waals surface area contributed by atoms with Crippen molar-refractivity contribution < 1.29 is 9.47 Å². The molecule has 6 heteroatoms. The fourth-order valence-electron chi connectivity index (χ4n) is 1.83. The van der Waals surface area contributed by atoms with Gasteiger partial charge < -0.3 is 14.8 Å². The molecule has 0 radical (unpaired) electrons. The van der Waals surface area contributed by atoms with Crippen molar-refractivity contribution in [2.75, 3.05) is 19.0 Å². The van der Waals surface area contributed by atoms with Crippen molar-refractivity contribution in [2.24, 2.45) is 0 Å². The monoisotopic (exact) mass is 307 g/mol. The van der Waals surface area contributed by atoms with Crippen LogP contribution in [-0.4, -0.2) is 23.6 Å². The average Bonchev–Trinajstić information content (AvgIpc) is 2.42. The van der Waals surface area contributed by atoms with Crippen LogP contribution in [0.4, 0.5) is 5.82 Å². The van der Waals surface area contributed by atoms with Crippen molar-refractivity contribution in [3.63, 3.8) is 0 Å². The standard InChI is InChI=1S/C15H18ClN3O2/c1-4-17-13-8-15(19-14(18-13)9-20-3)21-12-6-5-11(16)7-10(12)2/h5-8H,4,9H2,1-3H3,(H,17,18,19). The van der Waals surface area contributed by atoms with Crippen molar-refractivity contribution in [3.8, 4) is 11.6 Å². The van der Waals surface area contributed by atoms with Gasteiger partial charge in [0.2, 0.25) is 5.88 Å². The quantitative estimate of drug-likeness (QED) is 0.879. The van der Waals surface area contributed by atoms with Crippen LogP contribution in [0.25, 0.3) is 0 Å². The lowest BCUT2D eigenvalue weighted by molar-refractivity contribution is 0.177. The molecule has 1 N–H and O–H groups in total. The van der Waals surface area contributed by atoms with Crippen molar-refractivity contribution in [2.45, 2.75) is 20.5 Å². The number of methoxy groups -OCH3 is 1. The third-order valence-corrected chi connectivity index (χ3v) is 2.97. The van der Waals surface area contributed by atoms with Gasteiger partial charge in [-0.3, -0.25) is 0 Å². The molecule has 0 saturated carbocycles. The highest BCUT2D eigenvalue weighted by atomic mass is 35.5. The molecule has 0 spiro atoms. The van der Waals surface area contributed by atoms with E-state index in [1.807, 2.05) is 26.0 Å². The molecule has 0 aliphatic rings. The maximum absolute atomic E-state index is 5.95. The summed E-state index contributed by atoms with van der Waals surface area (Å²) in [5.74, 6) is 2.46. The molecule has 0 fully saturated rings. The largest absolute Gasteiger partial charge is 0.439 e. The van der Waals surface area contributed by atoms with E-state index in [0.29, 0.717) is 34.9 Å². The second-order valence-electron chi connectivity index (χ2n) is 4.48. The topological polar surface area (TPSA) is 56.3 Å². The van der Waals surface area contributed by atoms with Gasteiger partial charge in [-0.1, -0.05) is 11.6 Å². The van der Waals surface area contributed by atoms with Gasteiger partial charge in [-0.15, -0.1) is 0 Å². The van der Waals surface area contributed by atoms with Gasteiger partial charge in [-0.05, 0) is 37.6 Å². The number of rotatable bonds is 6. The molecule has 5 nitrogen and oxygen atoms in total. The van der Waals surface area contributed by atoms with Crippen LogP contribution in [0.5, 0.6) is 11.6 Å². The molecule has 0 aliphatic carbocycles. The zero-order valence-corrected chi connectivity index (χ0v) is 13.1. The second-order valence-corrected chi connectivity index (χ2v) is 4.92. The summed E-state index contributed by atoms with van der Waals surface area (Å²) in [6.07, 6.45) is 0. The minimum atomic E-state index is 0.329. The maximum atomic E-state index is 5.95. The lowest BCUT2D eigenvalue weighted by Gasteiger charge is -2.11. The summed E-state index contributed by atoms with van der Waals surface area (Å²) < 4.78 is 10.9. The Morgan fingerprint density at radius 1 is 1.24 bits per heavy atom. The number of hydrogen-bond donors (Lipinski definition) is 1. The molecule has 1 heterocycles. The fraction of sp³-hybridized carbons (Fsp3) is 0.333. The van der Waals surface area contributed by atoms with Crippen LogP contribution in [0.2, 0.25) is 5.02 Å². The van der Waals surface area contributed by atoms with E-state index in [0.717, 1.165) is 12.1 Å². The van der Waals surface area contributed by atoms with Crippen LogP contribution in [-0.2, 0) is 11.3 Å². The first-order chi connectivity index (χ1) is 10.1. The normalized spacial score (nSPS) is 10.5. The van der Waals surface area contributed by atoms with Crippen LogP contribution in [0, 0.1) is 6.92 Å². The van der Waals surface area contributed by atoms with Crippen LogP contribution in [0.3, 0.4) is 0 Å². The summed E-state index contributed by atoms with van der Waals surface area (Å²) in [7, 11) is 1.60. The summed E-state index contributed by atoms with van der Waals surface area (Å²) in [4.78, 5) is 8.68. The van der Waals surface area contributed by atoms with E-state index in [-0.39, 0.29) is 0 Å². The SMILES string of the molecule is CCNc1cc(Oc2ccc(Cl)cc2C)nc(COC)n1. The molecule has 112 valence electrons. The first kappa shape index (κ1) is 15.5. The zero-order valence-electron chi connectivity index (χ0n) is 12.3. The fourth-order valence-corrected chi connectivity index (χ4v) is 2.06. The highest BCUT2D eigenvalue weighted by Crippen LogP contribution is 2.27. The van der Waals surface area contributed by atoms with Gasteiger partial charge >= 0.3 is 0 Å². The molecule has 0 saturated heterocycles. The van der Waals surface area contributed by atoms with Crippen LogP contribution in [0.1, 0.15) is 18.3 Å². The van der Waals surface area contributed by atoms with Gasteiger partial charge in [0, 0.05) is 24.7 Å². The Morgan fingerprint density at radius 2 is 2.05 bits per heavy atom. The molecular weight excluding hydrogens is 290 g/mol. The Morgan fingerprint density at radius 3 is 2.71 bits per heavy atom. The zero-order chi connectivity index (χ0) is 15.2. The van der Waals surface area contributed by atoms with Crippen molar-refractivity contribution in [1.82, 2.24) is 9.97 Å². The van der Waals surface area contributed by atoms with Gasteiger partial charge in [-0.2, -0.15) is 4.98 Å². The third kappa shape index (κ3) is 4.31. The Kier molecular flexibility index (Phi) is 5.36. The number of hydrogen-bond acceptors (Lipinski definition) is 5. The molecule has 1 aromatic carbocycles. The number of aryl methyl sites for hydroxylation is 1. The van der Waals surface area contributed by atoms with Crippen LogP contribution in [0.15, 0.2) is 24.3 Å². The maximum Gasteiger partial charge on any atom is 0.224 e. The molecule has 0 atom stereocenters. The first-order valence-corrected chi connectivity index (χ1v) is 7.05. The molecule has 21 heavy (non-hydrogen) atoms. The Hall–Kier alpha value is -1.85. The molecule has 0 unspecified atom stereocenters. The molecule has 0 amide bonds. The highest BCUT2D eigenvalue weighted by molar-refractivity contribution is 6.30. The second kappa shape index (κ2) is 7.24. The minimum Gasteiger partial charge on any atom is -0.439 e. The van der Waals surface area contributed by atoms with Gasteiger partial charge in [-0.25, -0.2) is 4.98 Å². The number of benzene rings is 1. The molecule has 1 aromatic heterocycles. The summed E-state index contributed by atoms with van der Waals surface area (Å²) >= 11 is 5.95. The number of halogens is 1. The lowest BCUT2D eigenvalue weighted by atomic mass is 10.2. The van der Waals surface area contributed by atoms with E-state index in [1.165, 1.54) is 0 Å². The van der Waals surface area contributed by atoms with Crippen LogP contribution >= 0.6 is 11.6 Å². The Balaban J connectivity index is 2.29. The third-order valence-electron chi connectivity index (χ3n) is 2.73. The summed E-state index contributed by atoms with van der Waals surface area (Å²) in [6.45, 7) is 5.03. The lowest BCUT2D eigenvalue weighted by Crippen LogP contribution is -2.05. The van der Waals surface area contributed by atoms with E-state index in [1.54, 1.807) is 19.2 Å². The van der Waals surface area contributed by atoms with Gasteiger partial charge in [0.1, 0.15) is 18.2 Å². The van der Waals surface area contributed by atoms with Crippen molar-refractivity contribution in [3.05, 3.63) is 40.7 Å². The van der Waals surface area contributed by atoms with E-state index in [9.17, 15) is 0 Å². The van der Waals surface area contributed by atoms with Gasteiger partial charge in [0.05, 0.1) is 0 Å². The number of ether oxygens (including phenoxy) is 2. The molecule has 0 aliphatic heterocycles. The van der Waals surface area contributed by atoms with E-state index >= 15 is 0 Å². The highest BCUT2D eigenvalue weighted by Gasteiger charge is 2.08. The smallest absolute Gasteiger partial charge is 0.224 e. The summed E-state index contributed by atoms with van der Waals surface area (Å²) in [5.41, 5.74) is 0.944. The Bertz CT molecular complexity index is 596. The van der Waals surface area contributed by atoms with Crippen molar-refractivity contribution >= 4 is 17.4 Å². The van der Waals surface area contributed by atoms with Gasteiger partial charge in [0.25, 0.3) is 0 Å². The summed E-state index contributed by atoms with van der Waals surface area (Å²) in [5, 5.41) is 3.83. The molecule has 0 bridgehead atoms. The minimum absolute atomic E-state index is 0.329. The average molecular weight is 308 g/mol. The Labute approximate surface area is 129 Å². The number of anilines is 1. The number of nitrogens with one attached hydrogen (secondary N) is 1. The van der Waals surface area contributed by atoms with Crippen molar-refractivity contribution in [1.29, 1.82) is 0 Å². The van der Waals surface area contributed by atoms with Gasteiger partial charge in [0.15, 0.2) is 5.82 Å². The summed E-state index contributed by atoms with van der Waals surface area (Å²) in [6, 6.07) is 7.21. The van der Waals surface area contributed by atoms with E-state index < -0.39 is 0 Å². The number of nitrogens with zero attached hydrogens (tertiary/aromatic N) is 2. The predicted molar refractivity (Wildman–Crippen MR) is 83.2 cm³/mol. The molecule has 2 rings (SSSR count). The van der Waals surface area contributed by atoms with E-state index in [4.69, 9.17) is 21.1 Å². The van der Waals surface area contributed by atoms with Crippen LogP contribution < -0.4 is 10.1 Å². The molecular formula is C15H18ClN3O2. The first-order valence-electron chi connectivity index (χ1n) is 6.67.